The van der Waals surface area contributed by atoms with E-state index in [1.807, 2.05) is 0 Å². The van der Waals surface area contributed by atoms with Gasteiger partial charge in [-0.25, -0.2) is 4.79 Å². The highest BCUT2D eigenvalue weighted by Crippen LogP contribution is 2.28. The number of hydrogen-bond acceptors (Lipinski definition) is 6. The van der Waals surface area contributed by atoms with E-state index in [4.69, 9.17) is 4.74 Å². The van der Waals surface area contributed by atoms with Gasteiger partial charge in [-0.3, -0.25) is 24.5 Å². The summed E-state index contributed by atoms with van der Waals surface area (Å²) in [6.07, 6.45) is 1.24. The molecule has 1 unspecified atom stereocenters. The number of nitrogens with zero attached hydrogens (tertiary/aromatic N) is 2. The summed E-state index contributed by atoms with van der Waals surface area (Å²) >= 11 is 0. The molecule has 3 aliphatic heterocycles. The molecule has 176 valence electrons. The molecule has 0 spiro atoms. The Morgan fingerprint density at radius 3 is 2.52 bits per heavy atom. The van der Waals surface area contributed by atoms with E-state index in [0.29, 0.717) is 49.0 Å². The van der Waals surface area contributed by atoms with Gasteiger partial charge in [-0.05, 0) is 56.9 Å². The summed E-state index contributed by atoms with van der Waals surface area (Å²) < 4.78 is 5.22. The lowest BCUT2D eigenvalue weighted by Crippen LogP contribution is -2.52. The van der Waals surface area contributed by atoms with Crippen molar-refractivity contribution in [3.63, 3.8) is 0 Å². The minimum absolute atomic E-state index is 0.0598. The number of ether oxygens (including phenoxy) is 1. The molecule has 0 radical (unpaired) electrons. The largest absolute Gasteiger partial charge is 0.447 e. The average Bonchev–Trinajstić information content (AvgIpc) is 3.09. The molecular formula is C23H28N4O6. The van der Waals surface area contributed by atoms with Crippen LogP contribution in [0.5, 0.6) is 0 Å². The summed E-state index contributed by atoms with van der Waals surface area (Å²) in [5, 5.41) is 5.29. The number of fused-ring (bicyclic) bond motifs is 1. The number of likely N-dealkylation sites (tertiary alicyclic amines) is 1. The molecule has 10 heteroatoms. The van der Waals surface area contributed by atoms with Gasteiger partial charge < -0.3 is 19.9 Å². The molecule has 10 nitrogen and oxygen atoms in total. The topological polar surface area (TPSA) is 125 Å². The highest BCUT2D eigenvalue weighted by Gasteiger charge is 2.39. The third-order valence-electron chi connectivity index (χ3n) is 6.21. The molecule has 33 heavy (non-hydrogen) atoms. The second-order valence-corrected chi connectivity index (χ2v) is 8.94. The van der Waals surface area contributed by atoms with Crippen LogP contribution in [0, 0.1) is 0 Å². The SMILES string of the molecule is CC(C)OC(=O)N1CCC(NC(=O)c2ccc3c(c2)CN(C2CCC(=O)NC2=O)C3=O)CC1. The van der Waals surface area contributed by atoms with Crippen molar-refractivity contribution in [3.05, 3.63) is 34.9 Å². The van der Waals surface area contributed by atoms with E-state index in [2.05, 4.69) is 10.6 Å². The number of benzene rings is 1. The van der Waals surface area contributed by atoms with Crippen LogP contribution in [0.3, 0.4) is 0 Å². The van der Waals surface area contributed by atoms with Crippen LogP contribution >= 0.6 is 0 Å². The lowest BCUT2D eigenvalue weighted by Gasteiger charge is -2.32. The minimum Gasteiger partial charge on any atom is -0.447 e. The van der Waals surface area contributed by atoms with E-state index >= 15 is 0 Å². The van der Waals surface area contributed by atoms with Crippen molar-refractivity contribution in [2.75, 3.05) is 13.1 Å². The Balaban J connectivity index is 1.35. The molecule has 2 saturated heterocycles. The molecule has 2 fully saturated rings. The monoisotopic (exact) mass is 456 g/mol. The first-order valence-corrected chi connectivity index (χ1v) is 11.3. The first kappa shape index (κ1) is 22.8. The Bertz CT molecular complexity index is 999. The maximum atomic E-state index is 12.8. The predicted octanol–water partition coefficient (Wildman–Crippen LogP) is 1.19. The van der Waals surface area contributed by atoms with Gasteiger partial charge in [0, 0.05) is 43.2 Å². The van der Waals surface area contributed by atoms with Crippen LogP contribution in [0.2, 0.25) is 0 Å². The molecule has 2 N–H and O–H groups in total. The highest BCUT2D eigenvalue weighted by molar-refractivity contribution is 6.06. The average molecular weight is 456 g/mol. The normalized spacial score (nSPS) is 21.2. The zero-order chi connectivity index (χ0) is 23.7. The molecule has 1 aromatic carbocycles. The lowest BCUT2D eigenvalue weighted by atomic mass is 10.0. The molecule has 1 atom stereocenters. The number of nitrogens with one attached hydrogen (secondary N) is 2. The number of carbonyl (C=O) groups is 5. The number of carbonyl (C=O) groups excluding carboxylic acids is 5. The fourth-order valence-electron chi connectivity index (χ4n) is 4.47. The van der Waals surface area contributed by atoms with Crippen molar-refractivity contribution in [1.82, 2.24) is 20.4 Å². The number of amides is 5. The first-order valence-electron chi connectivity index (χ1n) is 11.3. The van der Waals surface area contributed by atoms with Crippen LogP contribution in [0.25, 0.3) is 0 Å². The quantitative estimate of drug-likeness (QED) is 0.656. The summed E-state index contributed by atoms with van der Waals surface area (Å²) in [7, 11) is 0. The van der Waals surface area contributed by atoms with E-state index in [1.54, 1.807) is 36.9 Å². The summed E-state index contributed by atoms with van der Waals surface area (Å²) in [5.41, 5.74) is 1.59. The maximum Gasteiger partial charge on any atom is 0.410 e. The summed E-state index contributed by atoms with van der Waals surface area (Å²) in [4.78, 5) is 64.3. The zero-order valence-corrected chi connectivity index (χ0v) is 18.8. The van der Waals surface area contributed by atoms with Crippen LogP contribution in [0.1, 0.15) is 65.8 Å². The fraction of sp³-hybridized carbons (Fsp3) is 0.522. The number of piperidine rings is 2. The number of hydrogen-bond donors (Lipinski definition) is 2. The van der Waals surface area contributed by atoms with Crippen molar-refractivity contribution < 1.29 is 28.7 Å². The van der Waals surface area contributed by atoms with Gasteiger partial charge in [0.1, 0.15) is 6.04 Å². The minimum atomic E-state index is -0.688. The summed E-state index contributed by atoms with van der Waals surface area (Å²) in [5.74, 6) is -1.31. The Morgan fingerprint density at radius 1 is 1.12 bits per heavy atom. The van der Waals surface area contributed by atoms with Gasteiger partial charge in [0.2, 0.25) is 11.8 Å². The smallest absolute Gasteiger partial charge is 0.410 e. The Morgan fingerprint density at radius 2 is 1.85 bits per heavy atom. The van der Waals surface area contributed by atoms with E-state index < -0.39 is 11.9 Å². The maximum absolute atomic E-state index is 12.8. The highest BCUT2D eigenvalue weighted by atomic mass is 16.6. The van der Waals surface area contributed by atoms with Gasteiger partial charge in [-0.15, -0.1) is 0 Å². The van der Waals surface area contributed by atoms with Crippen molar-refractivity contribution in [1.29, 1.82) is 0 Å². The second-order valence-electron chi connectivity index (χ2n) is 8.94. The summed E-state index contributed by atoms with van der Waals surface area (Å²) in [6, 6.07) is 4.16. The molecular weight excluding hydrogens is 428 g/mol. The van der Waals surface area contributed by atoms with Crippen LogP contribution in [-0.4, -0.2) is 70.8 Å². The molecule has 4 rings (SSSR count). The molecule has 0 bridgehead atoms. The third-order valence-corrected chi connectivity index (χ3v) is 6.21. The van der Waals surface area contributed by atoms with Crippen molar-refractivity contribution in [3.8, 4) is 0 Å². The van der Waals surface area contributed by atoms with Gasteiger partial charge in [0.15, 0.2) is 0 Å². The van der Waals surface area contributed by atoms with Gasteiger partial charge in [0.05, 0.1) is 6.10 Å². The zero-order valence-electron chi connectivity index (χ0n) is 18.8. The van der Waals surface area contributed by atoms with E-state index in [9.17, 15) is 24.0 Å². The molecule has 3 heterocycles. The number of rotatable bonds is 4. The molecule has 1 aromatic rings. The standard InChI is InChI=1S/C23H28N4O6/c1-13(2)33-23(32)26-9-7-16(8-10-26)24-20(29)14-3-4-17-15(11-14)12-27(22(17)31)18-5-6-19(28)25-21(18)30/h3-4,11,13,16,18H,5-10,12H2,1-2H3,(H,24,29)(H,25,28,30). The number of imide groups is 1. The van der Waals surface area contributed by atoms with Gasteiger partial charge in [-0.1, -0.05) is 0 Å². The van der Waals surface area contributed by atoms with Crippen molar-refractivity contribution >= 4 is 29.7 Å². The van der Waals surface area contributed by atoms with E-state index in [-0.39, 0.29) is 48.9 Å². The lowest BCUT2D eigenvalue weighted by molar-refractivity contribution is -0.136. The van der Waals surface area contributed by atoms with Crippen molar-refractivity contribution in [2.45, 2.75) is 64.3 Å². The van der Waals surface area contributed by atoms with Crippen LogP contribution in [0.4, 0.5) is 4.79 Å². The Kier molecular flexibility index (Phi) is 6.35. The third kappa shape index (κ3) is 4.84. The molecule has 3 aliphatic rings. The predicted molar refractivity (Wildman–Crippen MR) is 116 cm³/mol. The van der Waals surface area contributed by atoms with Gasteiger partial charge in [0.25, 0.3) is 11.8 Å². The van der Waals surface area contributed by atoms with Gasteiger partial charge in [-0.2, -0.15) is 0 Å². The van der Waals surface area contributed by atoms with E-state index in [1.165, 1.54) is 4.90 Å². The molecule has 0 aromatic heterocycles. The first-order chi connectivity index (χ1) is 15.7. The summed E-state index contributed by atoms with van der Waals surface area (Å²) in [6.45, 7) is 4.85. The van der Waals surface area contributed by atoms with E-state index in [0.717, 1.165) is 0 Å². The Labute approximate surface area is 191 Å². The van der Waals surface area contributed by atoms with Crippen LogP contribution in [0.15, 0.2) is 18.2 Å². The van der Waals surface area contributed by atoms with Crippen LogP contribution in [-0.2, 0) is 20.9 Å². The Hall–Kier alpha value is -3.43. The fourth-order valence-corrected chi connectivity index (χ4v) is 4.47. The van der Waals surface area contributed by atoms with Gasteiger partial charge >= 0.3 is 6.09 Å². The molecule has 0 saturated carbocycles. The van der Waals surface area contributed by atoms with Crippen molar-refractivity contribution in [2.24, 2.45) is 0 Å². The molecule has 5 amide bonds. The molecule has 0 aliphatic carbocycles. The van der Waals surface area contributed by atoms with Crippen LogP contribution < -0.4 is 10.6 Å². The second kappa shape index (κ2) is 9.21.